The van der Waals surface area contributed by atoms with Crippen molar-refractivity contribution < 1.29 is 14.3 Å². The summed E-state index contributed by atoms with van der Waals surface area (Å²) in [7, 11) is 0. The molecule has 1 aromatic heterocycles. The molecule has 0 bridgehead atoms. The monoisotopic (exact) mass is 376 g/mol. The second-order valence-electron chi connectivity index (χ2n) is 6.19. The third kappa shape index (κ3) is 5.55. The summed E-state index contributed by atoms with van der Waals surface area (Å²) in [5, 5.41) is 13.8. The number of rotatable bonds is 4. The Labute approximate surface area is 154 Å². The van der Waals surface area contributed by atoms with Crippen LogP contribution in [0.3, 0.4) is 0 Å². The molecule has 2 aromatic rings. The first-order valence-corrected chi connectivity index (χ1v) is 7.94. The lowest BCUT2D eigenvalue weighted by atomic mass is 9.90. The molecule has 0 fully saturated rings. The molecule has 9 nitrogen and oxygen atoms in total. The van der Waals surface area contributed by atoms with E-state index in [0.717, 1.165) is 6.21 Å². The molecule has 1 amide bonds. The largest absolute Gasteiger partial charge is 0.461 e. The van der Waals surface area contributed by atoms with Gasteiger partial charge < -0.3 is 4.74 Å². The van der Waals surface area contributed by atoms with E-state index in [4.69, 9.17) is 16.3 Å². The lowest BCUT2D eigenvalue weighted by Gasteiger charge is -2.25. The van der Waals surface area contributed by atoms with E-state index in [-0.39, 0.29) is 11.7 Å². The molecule has 0 saturated heterocycles. The van der Waals surface area contributed by atoms with Crippen molar-refractivity contribution in [2.45, 2.75) is 27.0 Å². The van der Waals surface area contributed by atoms with Crippen molar-refractivity contribution in [2.75, 3.05) is 0 Å². The first-order valence-electron chi connectivity index (χ1n) is 7.56. The molecular weight excluding hydrogens is 360 g/mol. The lowest BCUT2D eigenvalue weighted by Crippen LogP contribution is -2.34. The second-order valence-corrected chi connectivity index (χ2v) is 6.62. The second kappa shape index (κ2) is 8.43. The van der Waals surface area contributed by atoms with Gasteiger partial charge in [0, 0.05) is 10.4 Å². The van der Waals surface area contributed by atoms with Crippen molar-refractivity contribution in [3.05, 3.63) is 41.9 Å². The van der Waals surface area contributed by atoms with Crippen LogP contribution in [-0.2, 0) is 9.59 Å². The van der Waals surface area contributed by atoms with E-state index in [9.17, 15) is 9.59 Å². The smallest absolute Gasteiger partial charge is 0.310 e. The highest BCUT2D eigenvalue weighted by Gasteiger charge is 2.33. The third-order valence-electron chi connectivity index (χ3n) is 3.06. The average Bonchev–Trinajstić information content (AvgIpc) is 3.27. The number of aromatic nitrogens is 3. The highest BCUT2D eigenvalue weighted by molar-refractivity contribution is 6.30. The van der Waals surface area contributed by atoms with Gasteiger partial charge in [0.25, 0.3) is 6.23 Å². The van der Waals surface area contributed by atoms with E-state index >= 15 is 0 Å². The number of carbonyl (C=O) groups is 2. The van der Waals surface area contributed by atoms with E-state index in [2.05, 4.69) is 25.5 Å². The van der Waals surface area contributed by atoms with Crippen LogP contribution < -0.4 is 4.74 Å². The van der Waals surface area contributed by atoms with Crippen LogP contribution in [0, 0.1) is 5.41 Å². The highest BCUT2D eigenvalue weighted by atomic mass is 35.5. The summed E-state index contributed by atoms with van der Waals surface area (Å²) in [6, 6.07) is 6.83. The lowest BCUT2D eigenvalue weighted by molar-refractivity contribution is -0.138. The van der Waals surface area contributed by atoms with Crippen molar-refractivity contribution in [3.8, 4) is 5.75 Å². The maximum Gasteiger partial charge on any atom is 0.310 e. The number of hydrogen-bond donors (Lipinski definition) is 0. The first kappa shape index (κ1) is 19.4. The Bertz CT molecular complexity index is 796. The van der Waals surface area contributed by atoms with Gasteiger partial charge in [-0.1, -0.05) is 37.5 Å². The van der Waals surface area contributed by atoms with E-state index in [1.807, 2.05) is 20.8 Å². The molecule has 0 N–H and O–H groups in total. The number of Topliss-reactive ketones (excluding diaryl/α,β-unsaturated/α-hetero) is 1. The summed E-state index contributed by atoms with van der Waals surface area (Å²) in [6.07, 6.45) is 3.04. The number of benzene rings is 1. The number of nitrogens with zero attached hydrogens (tertiary/aromatic N) is 6. The molecule has 1 aromatic carbocycles. The van der Waals surface area contributed by atoms with Crippen molar-refractivity contribution in [1.29, 1.82) is 0 Å². The Morgan fingerprint density at radius 1 is 1.23 bits per heavy atom. The standard InChI is InChI=1S/C14H16ClN3O2.C2HN3O/c1-14(2,3)12(19)13(18-9-16-8-17-18)20-11-6-4-10(15)5-7-11;6-2-1-3-5-4-2/h4-9,13H,1-3H3;1H. The maximum absolute atomic E-state index is 12.5. The zero-order chi connectivity index (χ0) is 19.2. The average molecular weight is 377 g/mol. The fourth-order valence-corrected chi connectivity index (χ4v) is 1.88. The van der Waals surface area contributed by atoms with Crippen molar-refractivity contribution in [2.24, 2.45) is 20.9 Å². The molecule has 1 unspecified atom stereocenters. The Morgan fingerprint density at radius 3 is 2.35 bits per heavy atom. The fraction of sp³-hybridized carbons (Fsp3) is 0.312. The number of hydrogen-bond acceptors (Lipinski definition) is 7. The molecule has 0 radical (unpaired) electrons. The number of ether oxygens (including phenoxy) is 1. The summed E-state index contributed by atoms with van der Waals surface area (Å²) < 4.78 is 7.16. The molecule has 26 heavy (non-hydrogen) atoms. The molecule has 0 spiro atoms. The van der Waals surface area contributed by atoms with Crippen LogP contribution in [0.5, 0.6) is 5.75 Å². The number of carbonyl (C=O) groups excluding carboxylic acids is 2. The highest BCUT2D eigenvalue weighted by Crippen LogP contribution is 2.26. The zero-order valence-corrected chi connectivity index (χ0v) is 15.2. The van der Waals surface area contributed by atoms with Gasteiger partial charge >= 0.3 is 5.91 Å². The van der Waals surface area contributed by atoms with Gasteiger partial charge in [0.15, 0.2) is 0 Å². The summed E-state index contributed by atoms with van der Waals surface area (Å²) in [6.45, 7) is 5.51. The van der Waals surface area contributed by atoms with Gasteiger partial charge in [0.2, 0.25) is 5.78 Å². The van der Waals surface area contributed by atoms with Crippen LogP contribution in [0.1, 0.15) is 27.0 Å². The minimum Gasteiger partial charge on any atom is -0.461 e. The number of ketones is 1. The molecule has 1 atom stereocenters. The van der Waals surface area contributed by atoms with Crippen LogP contribution in [0.25, 0.3) is 0 Å². The topological polar surface area (TPSA) is 111 Å². The number of amides is 1. The SMILES string of the molecule is CC(C)(C)C(=O)C(Oc1ccc(Cl)cc1)n1cncn1.O=C1C=NN=N1. The van der Waals surface area contributed by atoms with Crippen molar-refractivity contribution >= 4 is 29.5 Å². The van der Waals surface area contributed by atoms with Gasteiger partial charge in [-0.25, -0.2) is 9.67 Å². The minimum atomic E-state index is -0.848. The molecule has 0 saturated carbocycles. The number of halogens is 1. The molecule has 10 heteroatoms. The van der Waals surface area contributed by atoms with E-state index in [1.165, 1.54) is 17.3 Å². The summed E-state index contributed by atoms with van der Waals surface area (Å²) in [4.78, 5) is 26.2. The van der Waals surface area contributed by atoms with Gasteiger partial charge in [-0.05, 0) is 29.5 Å². The Balaban J connectivity index is 0.000000342. The minimum absolute atomic E-state index is 0.0852. The predicted octanol–water partition coefficient (Wildman–Crippen LogP) is 3.09. The van der Waals surface area contributed by atoms with E-state index in [0.29, 0.717) is 10.8 Å². The van der Waals surface area contributed by atoms with Crippen LogP contribution >= 0.6 is 11.6 Å². The summed E-state index contributed by atoms with van der Waals surface area (Å²) in [5.74, 6) is 0.0838. The normalized spacial score (nSPS) is 13.9. The van der Waals surface area contributed by atoms with Crippen molar-refractivity contribution in [1.82, 2.24) is 14.8 Å². The maximum atomic E-state index is 12.5. The van der Waals surface area contributed by atoms with Crippen LogP contribution in [-0.4, -0.2) is 32.7 Å². The predicted molar refractivity (Wildman–Crippen MR) is 94.0 cm³/mol. The summed E-state index contributed by atoms with van der Waals surface area (Å²) in [5.41, 5.74) is -0.553. The van der Waals surface area contributed by atoms with Gasteiger partial charge in [-0.3, -0.25) is 9.59 Å². The Hall–Kier alpha value is -2.94. The van der Waals surface area contributed by atoms with E-state index in [1.54, 1.807) is 24.3 Å². The molecule has 3 rings (SSSR count). The molecule has 0 aliphatic carbocycles. The molecule has 1 aliphatic rings. The third-order valence-corrected chi connectivity index (χ3v) is 3.32. The van der Waals surface area contributed by atoms with Crippen molar-refractivity contribution in [3.63, 3.8) is 0 Å². The Kier molecular flexibility index (Phi) is 6.29. The molecule has 2 heterocycles. The molecular formula is C16H17ClN6O3. The van der Waals surface area contributed by atoms with Crippen LogP contribution in [0.15, 0.2) is 52.4 Å². The molecule has 1 aliphatic heterocycles. The zero-order valence-electron chi connectivity index (χ0n) is 14.4. The van der Waals surface area contributed by atoms with Gasteiger partial charge in [-0.15, -0.1) is 5.10 Å². The van der Waals surface area contributed by atoms with Gasteiger partial charge in [-0.2, -0.15) is 5.10 Å². The van der Waals surface area contributed by atoms with E-state index < -0.39 is 11.6 Å². The quantitative estimate of drug-likeness (QED) is 0.813. The molecule has 136 valence electrons. The van der Waals surface area contributed by atoms with Gasteiger partial charge in [0.1, 0.15) is 24.6 Å². The van der Waals surface area contributed by atoms with Crippen LogP contribution in [0.2, 0.25) is 5.02 Å². The Morgan fingerprint density at radius 2 is 1.92 bits per heavy atom. The van der Waals surface area contributed by atoms with Crippen LogP contribution in [0.4, 0.5) is 0 Å². The fourth-order valence-electron chi connectivity index (χ4n) is 1.75. The first-order chi connectivity index (χ1) is 12.3. The summed E-state index contributed by atoms with van der Waals surface area (Å²) >= 11 is 5.83. The van der Waals surface area contributed by atoms with Gasteiger partial charge in [0.05, 0.1) is 0 Å².